The number of hydrogen-bond donors (Lipinski definition) is 4. The smallest absolute Gasteiger partial charge is 0.352 e. The van der Waals surface area contributed by atoms with E-state index < -0.39 is 18.0 Å². The second kappa shape index (κ2) is 7.21. The number of benzene rings is 1. The number of rotatable bonds is 6. The summed E-state index contributed by atoms with van der Waals surface area (Å²) >= 11 is 0. The highest BCUT2D eigenvalue weighted by atomic mass is 16.4. The van der Waals surface area contributed by atoms with E-state index in [0.29, 0.717) is 23.3 Å². The van der Waals surface area contributed by atoms with Crippen LogP contribution in [0, 0.1) is 5.92 Å². The Morgan fingerprint density at radius 2 is 2.10 bits per heavy atom. The molecule has 0 spiro atoms. The van der Waals surface area contributed by atoms with Crippen LogP contribution in [-0.4, -0.2) is 50.0 Å². The molecule has 4 N–H and O–H groups in total. The number of hydrogen-bond acceptors (Lipinski definition) is 4. The Morgan fingerprint density at radius 3 is 2.76 bits per heavy atom. The predicted molar refractivity (Wildman–Crippen MR) is 103 cm³/mol. The lowest BCUT2D eigenvalue weighted by Crippen LogP contribution is -2.61. The summed E-state index contributed by atoms with van der Waals surface area (Å²) in [5.41, 5.74) is 2.51. The summed E-state index contributed by atoms with van der Waals surface area (Å²) in [5.74, 6) is -2.33. The number of aliphatic hydroxyl groups is 1. The second-order valence-electron chi connectivity index (χ2n) is 7.35. The zero-order valence-electron chi connectivity index (χ0n) is 15.8. The van der Waals surface area contributed by atoms with Crippen molar-refractivity contribution < 1.29 is 24.6 Å². The molecule has 29 heavy (non-hydrogen) atoms. The molecule has 0 unspecified atom stereocenters. The Kier molecular flexibility index (Phi) is 4.71. The van der Waals surface area contributed by atoms with Crippen LogP contribution in [0.3, 0.4) is 0 Å². The minimum Gasteiger partial charge on any atom is -0.477 e. The topological polar surface area (TPSA) is 123 Å². The first-order chi connectivity index (χ1) is 13.9. The quantitative estimate of drug-likeness (QED) is 0.550. The molecule has 2 aliphatic rings. The number of H-pyrrole nitrogens is 1. The molecular formula is C21H21N3O5. The second-order valence-corrected chi connectivity index (χ2v) is 7.35. The molecular weight excluding hydrogens is 374 g/mol. The van der Waals surface area contributed by atoms with Gasteiger partial charge in [-0.25, -0.2) is 4.79 Å². The molecule has 1 aromatic carbocycles. The molecule has 3 atom stereocenters. The average Bonchev–Trinajstić information content (AvgIpc) is 3.32. The van der Waals surface area contributed by atoms with Crippen molar-refractivity contribution in [1.82, 2.24) is 15.2 Å². The van der Waals surface area contributed by atoms with Crippen molar-refractivity contribution in [2.45, 2.75) is 32.0 Å². The first kappa shape index (κ1) is 18.9. The monoisotopic (exact) mass is 395 g/mol. The van der Waals surface area contributed by atoms with Crippen molar-refractivity contribution in [3.8, 4) is 0 Å². The van der Waals surface area contributed by atoms with E-state index in [9.17, 15) is 24.6 Å². The fourth-order valence-corrected chi connectivity index (χ4v) is 4.15. The third kappa shape index (κ3) is 3.21. The molecule has 1 fully saturated rings. The summed E-state index contributed by atoms with van der Waals surface area (Å²) in [5, 5.41) is 22.4. The van der Waals surface area contributed by atoms with Gasteiger partial charge in [-0.1, -0.05) is 18.2 Å². The summed E-state index contributed by atoms with van der Waals surface area (Å²) in [4.78, 5) is 40.4. The van der Waals surface area contributed by atoms with Crippen LogP contribution in [0.1, 0.15) is 35.0 Å². The third-order valence-corrected chi connectivity index (χ3v) is 5.50. The van der Waals surface area contributed by atoms with Crippen LogP contribution < -0.4 is 5.32 Å². The van der Waals surface area contributed by atoms with Crippen LogP contribution in [0.25, 0.3) is 5.57 Å². The minimum atomic E-state index is -1.16. The molecule has 2 amide bonds. The highest BCUT2D eigenvalue weighted by molar-refractivity contribution is 6.06. The first-order valence-electron chi connectivity index (χ1n) is 9.37. The number of amides is 2. The van der Waals surface area contributed by atoms with E-state index in [1.165, 1.54) is 4.90 Å². The molecule has 1 saturated heterocycles. The van der Waals surface area contributed by atoms with Crippen LogP contribution >= 0.6 is 0 Å². The number of nitrogens with one attached hydrogen (secondary N) is 2. The number of carbonyl (C=O) groups is 3. The van der Waals surface area contributed by atoms with Gasteiger partial charge in [0.15, 0.2) is 0 Å². The van der Waals surface area contributed by atoms with E-state index in [4.69, 9.17) is 0 Å². The van der Waals surface area contributed by atoms with Crippen molar-refractivity contribution in [3.05, 3.63) is 65.1 Å². The van der Waals surface area contributed by atoms with Gasteiger partial charge in [-0.3, -0.25) is 9.59 Å². The van der Waals surface area contributed by atoms with Crippen LogP contribution in [-0.2, 0) is 16.1 Å². The Labute approximate surface area is 166 Å². The number of carboxylic acids is 1. The number of nitrogens with zero attached hydrogens (tertiary/aromatic N) is 1. The largest absolute Gasteiger partial charge is 0.477 e. The maximum atomic E-state index is 12.4. The van der Waals surface area contributed by atoms with Crippen molar-refractivity contribution in [2.75, 3.05) is 0 Å². The molecule has 1 aromatic heterocycles. The number of aliphatic carboxylic acids is 1. The zero-order chi connectivity index (χ0) is 20.7. The molecule has 8 heteroatoms. The van der Waals surface area contributed by atoms with Crippen molar-refractivity contribution in [3.63, 3.8) is 0 Å². The fourth-order valence-electron chi connectivity index (χ4n) is 4.15. The highest BCUT2D eigenvalue weighted by Crippen LogP contribution is 2.46. The molecule has 0 aliphatic carbocycles. The van der Waals surface area contributed by atoms with E-state index >= 15 is 0 Å². The van der Waals surface area contributed by atoms with Crippen LogP contribution in [0.15, 0.2) is 48.3 Å². The van der Waals surface area contributed by atoms with E-state index in [1.807, 2.05) is 12.1 Å². The molecule has 4 rings (SSSR count). The molecule has 3 heterocycles. The maximum absolute atomic E-state index is 12.4. The summed E-state index contributed by atoms with van der Waals surface area (Å²) in [6.45, 7) is 1.83. The number of β-lactam (4-membered cyclic amide) rings is 1. The number of aromatic amines is 1. The van der Waals surface area contributed by atoms with Gasteiger partial charge in [0.2, 0.25) is 5.91 Å². The average molecular weight is 395 g/mol. The van der Waals surface area contributed by atoms with E-state index in [0.717, 1.165) is 5.56 Å². The molecule has 2 aromatic rings. The Balaban J connectivity index is 1.57. The lowest BCUT2D eigenvalue weighted by atomic mass is 9.82. The Morgan fingerprint density at radius 1 is 1.31 bits per heavy atom. The van der Waals surface area contributed by atoms with E-state index in [2.05, 4.69) is 10.3 Å². The Bertz CT molecular complexity index is 1010. The van der Waals surface area contributed by atoms with Crippen LogP contribution in [0.4, 0.5) is 0 Å². The van der Waals surface area contributed by atoms with Gasteiger partial charge >= 0.3 is 5.97 Å². The lowest BCUT2D eigenvalue weighted by molar-refractivity contribution is -0.161. The van der Waals surface area contributed by atoms with Gasteiger partial charge in [-0.2, -0.15) is 0 Å². The van der Waals surface area contributed by atoms with Gasteiger partial charge in [-0.15, -0.1) is 0 Å². The summed E-state index contributed by atoms with van der Waals surface area (Å²) in [7, 11) is 0. The van der Waals surface area contributed by atoms with Gasteiger partial charge in [0.05, 0.1) is 18.1 Å². The highest BCUT2D eigenvalue weighted by Gasteiger charge is 2.56. The molecule has 0 saturated carbocycles. The van der Waals surface area contributed by atoms with Gasteiger partial charge in [0.1, 0.15) is 11.4 Å². The van der Waals surface area contributed by atoms with Crippen LogP contribution in [0.5, 0.6) is 0 Å². The van der Waals surface area contributed by atoms with E-state index in [1.54, 1.807) is 37.4 Å². The number of aromatic nitrogens is 1. The lowest BCUT2D eigenvalue weighted by Gasteiger charge is -2.44. The van der Waals surface area contributed by atoms with Gasteiger partial charge in [0, 0.05) is 12.7 Å². The van der Waals surface area contributed by atoms with Crippen LogP contribution in [0.2, 0.25) is 0 Å². The molecule has 8 nitrogen and oxygen atoms in total. The van der Waals surface area contributed by atoms with E-state index in [-0.39, 0.29) is 30.1 Å². The van der Waals surface area contributed by atoms with Crippen molar-refractivity contribution in [1.29, 1.82) is 0 Å². The minimum absolute atomic E-state index is 0.0236. The number of fused-ring (bicyclic) bond motifs is 1. The van der Waals surface area contributed by atoms with Gasteiger partial charge < -0.3 is 25.4 Å². The first-order valence-corrected chi connectivity index (χ1v) is 9.37. The van der Waals surface area contributed by atoms with Gasteiger partial charge in [-0.05, 0) is 48.2 Å². The summed E-state index contributed by atoms with van der Waals surface area (Å²) in [6.07, 6.45) is 1.22. The number of aliphatic hydroxyl groups excluding tert-OH is 1. The fraction of sp³-hybridized carbons (Fsp3) is 0.286. The predicted octanol–water partition coefficient (Wildman–Crippen LogP) is 1.35. The SMILES string of the molecule is C[C@@H](O)[C@H]1C(=O)N2C(C(=O)O)=C(c3cccc(CNC(=O)c4ccc[nH]4)c3)C[C@H]12. The Hall–Kier alpha value is -3.39. The molecule has 0 bridgehead atoms. The third-order valence-electron chi connectivity index (χ3n) is 5.50. The molecule has 0 radical (unpaired) electrons. The van der Waals surface area contributed by atoms with Crippen molar-refractivity contribution >= 4 is 23.4 Å². The normalized spacial score (nSPS) is 21.6. The standard InChI is InChI=1S/C21H21N3O5/c1-11(25)17-16-9-14(18(21(28)29)24(16)20(17)27)13-5-2-4-12(8-13)10-23-19(26)15-6-3-7-22-15/h2-8,11,16-17,22,25H,9-10H2,1H3,(H,23,26)(H,28,29)/t11-,16-,17-/m1/s1. The summed E-state index contributed by atoms with van der Waals surface area (Å²) in [6, 6.07) is 10.3. The number of carboxylic acid groups (broad SMARTS) is 1. The van der Waals surface area contributed by atoms with Gasteiger partial charge in [0.25, 0.3) is 5.91 Å². The zero-order valence-corrected chi connectivity index (χ0v) is 15.8. The molecule has 2 aliphatic heterocycles. The maximum Gasteiger partial charge on any atom is 0.352 e. The summed E-state index contributed by atoms with van der Waals surface area (Å²) < 4.78 is 0. The van der Waals surface area contributed by atoms with Crippen molar-refractivity contribution in [2.24, 2.45) is 5.92 Å². The number of carbonyl (C=O) groups excluding carboxylic acids is 2. The molecule has 150 valence electrons.